The third kappa shape index (κ3) is 4.86. The fourth-order valence-electron chi connectivity index (χ4n) is 3.25. The van der Waals surface area contributed by atoms with Gasteiger partial charge in [0.05, 0.1) is 10.7 Å². The molecule has 0 saturated carbocycles. The van der Waals surface area contributed by atoms with Gasteiger partial charge in [-0.15, -0.1) is 10.2 Å². The lowest BCUT2D eigenvalue weighted by molar-refractivity contribution is 0.208. The van der Waals surface area contributed by atoms with Gasteiger partial charge in [-0.3, -0.25) is 0 Å². The summed E-state index contributed by atoms with van der Waals surface area (Å²) in [4.78, 5) is 16.0. The maximum atomic E-state index is 13.3. The van der Waals surface area contributed by atoms with Crippen LogP contribution in [-0.2, 0) is 0 Å². The van der Waals surface area contributed by atoms with Crippen LogP contribution >= 0.6 is 23.2 Å². The number of urea groups is 1. The van der Waals surface area contributed by atoms with Crippen LogP contribution in [0.1, 0.15) is 0 Å². The summed E-state index contributed by atoms with van der Waals surface area (Å²) in [5, 5.41) is 12.2. The fraction of sp³-hybridized carbons (Fsp3) is 0.190. The number of anilines is 2. The van der Waals surface area contributed by atoms with Gasteiger partial charge in [0.15, 0.2) is 17.5 Å². The van der Waals surface area contributed by atoms with E-state index in [1.807, 2.05) is 17.0 Å². The molecule has 0 radical (unpaired) electrons. The highest BCUT2D eigenvalue weighted by Crippen LogP contribution is 2.29. The lowest BCUT2D eigenvalue weighted by Crippen LogP contribution is -2.50. The third-order valence-corrected chi connectivity index (χ3v) is 5.47. The van der Waals surface area contributed by atoms with Crippen molar-refractivity contribution in [3.8, 4) is 11.3 Å². The molecule has 0 spiro atoms. The Kier molecular flexibility index (Phi) is 6.20. The molecule has 0 atom stereocenters. The highest BCUT2D eigenvalue weighted by atomic mass is 35.5. The lowest BCUT2D eigenvalue weighted by atomic mass is 10.1. The highest BCUT2D eigenvalue weighted by molar-refractivity contribution is 6.36. The average Bonchev–Trinajstić information content (AvgIpc) is 2.77. The Labute approximate surface area is 187 Å². The van der Waals surface area contributed by atoms with Crippen molar-refractivity contribution in [2.45, 2.75) is 0 Å². The number of hydrogen-bond acceptors (Lipinski definition) is 4. The molecule has 3 aromatic rings. The van der Waals surface area contributed by atoms with E-state index in [0.29, 0.717) is 47.7 Å². The maximum Gasteiger partial charge on any atom is 0.321 e. The number of carbonyl (C=O) groups excluding carboxylic acids is 1. The summed E-state index contributed by atoms with van der Waals surface area (Å²) in [6, 6.07) is 11.7. The molecule has 1 fully saturated rings. The molecule has 160 valence electrons. The van der Waals surface area contributed by atoms with Gasteiger partial charge in [0, 0.05) is 48.5 Å². The van der Waals surface area contributed by atoms with E-state index < -0.39 is 11.6 Å². The minimum Gasteiger partial charge on any atom is -0.352 e. The van der Waals surface area contributed by atoms with Crippen LogP contribution in [0.15, 0.2) is 48.5 Å². The summed E-state index contributed by atoms with van der Waals surface area (Å²) in [6.45, 7) is 2.01. The largest absolute Gasteiger partial charge is 0.352 e. The standard InChI is InChI=1S/C21H17Cl2F2N5O/c22-13-1-3-15(16(23)11-13)19-5-6-20(28-27-19)29-7-9-30(10-8-29)21(31)26-14-2-4-17(24)18(25)12-14/h1-6,11-12H,7-10H2,(H,26,31). The Balaban J connectivity index is 1.36. The van der Waals surface area contributed by atoms with Gasteiger partial charge in [0.2, 0.25) is 0 Å². The molecule has 1 aromatic heterocycles. The molecule has 0 aliphatic carbocycles. The molecule has 1 saturated heterocycles. The van der Waals surface area contributed by atoms with E-state index in [1.54, 1.807) is 23.1 Å². The summed E-state index contributed by atoms with van der Waals surface area (Å²) < 4.78 is 26.3. The number of nitrogens with zero attached hydrogens (tertiary/aromatic N) is 4. The second-order valence-corrected chi connectivity index (χ2v) is 7.78. The molecule has 4 rings (SSSR count). The maximum absolute atomic E-state index is 13.3. The quantitative estimate of drug-likeness (QED) is 0.587. The number of carbonyl (C=O) groups is 1. The first-order valence-electron chi connectivity index (χ1n) is 9.46. The number of rotatable bonds is 3. The number of hydrogen-bond donors (Lipinski definition) is 1. The second kappa shape index (κ2) is 9.03. The van der Waals surface area contributed by atoms with E-state index in [9.17, 15) is 13.6 Å². The van der Waals surface area contributed by atoms with Crippen molar-refractivity contribution in [3.05, 3.63) is 70.2 Å². The first-order valence-corrected chi connectivity index (χ1v) is 10.2. The summed E-state index contributed by atoms with van der Waals surface area (Å²) in [5.74, 6) is -1.28. The van der Waals surface area contributed by atoms with Gasteiger partial charge in [-0.25, -0.2) is 13.6 Å². The van der Waals surface area contributed by atoms with Crippen LogP contribution in [0.5, 0.6) is 0 Å². The van der Waals surface area contributed by atoms with Crippen LogP contribution in [0.4, 0.5) is 25.1 Å². The molecule has 2 aromatic carbocycles. The fourth-order valence-corrected chi connectivity index (χ4v) is 3.76. The number of nitrogens with one attached hydrogen (secondary N) is 1. The minimum atomic E-state index is -1.01. The Hall–Kier alpha value is -2.97. The Bertz CT molecular complexity index is 1110. The van der Waals surface area contributed by atoms with Gasteiger partial charge in [-0.2, -0.15) is 0 Å². The molecule has 2 heterocycles. The van der Waals surface area contributed by atoms with Crippen molar-refractivity contribution < 1.29 is 13.6 Å². The van der Waals surface area contributed by atoms with E-state index in [-0.39, 0.29) is 11.7 Å². The molecule has 1 aliphatic heterocycles. The van der Waals surface area contributed by atoms with Crippen molar-refractivity contribution in [1.82, 2.24) is 15.1 Å². The molecule has 1 N–H and O–H groups in total. The topological polar surface area (TPSA) is 61.4 Å². The van der Waals surface area contributed by atoms with Crippen molar-refractivity contribution in [3.63, 3.8) is 0 Å². The minimum absolute atomic E-state index is 0.202. The predicted octanol–water partition coefficient (Wildman–Crippen LogP) is 5.08. The molecular weight excluding hydrogens is 447 g/mol. The van der Waals surface area contributed by atoms with E-state index in [1.165, 1.54) is 6.07 Å². The summed E-state index contributed by atoms with van der Waals surface area (Å²) in [6.07, 6.45) is 0. The van der Waals surface area contributed by atoms with Crippen molar-refractivity contribution in [1.29, 1.82) is 0 Å². The smallest absolute Gasteiger partial charge is 0.321 e. The highest BCUT2D eigenvalue weighted by Gasteiger charge is 2.22. The molecule has 1 aliphatic rings. The van der Waals surface area contributed by atoms with Gasteiger partial charge >= 0.3 is 6.03 Å². The van der Waals surface area contributed by atoms with Gasteiger partial charge in [-0.1, -0.05) is 23.2 Å². The number of aromatic nitrogens is 2. The predicted molar refractivity (Wildman–Crippen MR) is 117 cm³/mol. The van der Waals surface area contributed by atoms with Crippen molar-refractivity contribution >= 4 is 40.7 Å². The summed E-state index contributed by atoms with van der Waals surface area (Å²) in [7, 11) is 0. The molecular formula is C21H17Cl2F2N5O. The van der Waals surface area contributed by atoms with Crippen LogP contribution in [0.25, 0.3) is 11.3 Å². The Morgan fingerprint density at radius 3 is 2.32 bits per heavy atom. The molecule has 10 heteroatoms. The first kappa shape index (κ1) is 21.3. The van der Waals surface area contributed by atoms with Gasteiger partial charge in [-0.05, 0) is 42.5 Å². The summed E-state index contributed by atoms with van der Waals surface area (Å²) in [5.41, 5.74) is 1.58. The van der Waals surface area contributed by atoms with Crippen molar-refractivity contribution in [2.24, 2.45) is 0 Å². The molecule has 0 unspecified atom stereocenters. The second-order valence-electron chi connectivity index (χ2n) is 6.93. The Morgan fingerprint density at radius 2 is 1.68 bits per heavy atom. The van der Waals surface area contributed by atoms with Gasteiger partial charge in [0.1, 0.15) is 0 Å². The summed E-state index contributed by atoms with van der Waals surface area (Å²) >= 11 is 12.2. The Morgan fingerprint density at radius 1 is 0.903 bits per heavy atom. The molecule has 6 nitrogen and oxygen atoms in total. The number of amides is 2. The number of benzene rings is 2. The van der Waals surface area contributed by atoms with E-state index >= 15 is 0 Å². The monoisotopic (exact) mass is 463 g/mol. The van der Waals surface area contributed by atoms with Crippen LogP contribution in [-0.4, -0.2) is 47.3 Å². The molecule has 0 bridgehead atoms. The first-order chi connectivity index (χ1) is 14.9. The number of piperazine rings is 1. The van der Waals surface area contributed by atoms with E-state index in [0.717, 1.165) is 17.7 Å². The lowest BCUT2D eigenvalue weighted by Gasteiger charge is -2.35. The van der Waals surface area contributed by atoms with Crippen molar-refractivity contribution in [2.75, 3.05) is 36.4 Å². The number of halogens is 4. The normalized spacial score (nSPS) is 13.9. The zero-order chi connectivity index (χ0) is 22.0. The average molecular weight is 464 g/mol. The van der Waals surface area contributed by atoms with E-state index in [4.69, 9.17) is 23.2 Å². The molecule has 31 heavy (non-hydrogen) atoms. The zero-order valence-electron chi connectivity index (χ0n) is 16.2. The third-order valence-electron chi connectivity index (χ3n) is 4.92. The van der Waals surface area contributed by atoms with Crippen LogP contribution < -0.4 is 10.2 Å². The van der Waals surface area contributed by atoms with Gasteiger partial charge < -0.3 is 15.1 Å². The zero-order valence-corrected chi connectivity index (χ0v) is 17.7. The van der Waals surface area contributed by atoms with E-state index in [2.05, 4.69) is 15.5 Å². The van der Waals surface area contributed by atoms with Crippen LogP contribution in [0.3, 0.4) is 0 Å². The molecule has 2 amide bonds. The van der Waals surface area contributed by atoms with Crippen LogP contribution in [0, 0.1) is 11.6 Å². The van der Waals surface area contributed by atoms with Gasteiger partial charge in [0.25, 0.3) is 0 Å². The SMILES string of the molecule is O=C(Nc1ccc(F)c(F)c1)N1CCN(c2ccc(-c3ccc(Cl)cc3Cl)nn2)CC1. The van der Waals surface area contributed by atoms with Crippen LogP contribution in [0.2, 0.25) is 10.0 Å².